The summed E-state index contributed by atoms with van der Waals surface area (Å²) in [7, 11) is -3.68. The SMILES string of the molecule is C=CC(=O)Nc1ccc(S(=O)(=O)N2C[C@H]3C[C@@H]2CN3C(=O)OC(C)(C)C)cc1. The van der Waals surface area contributed by atoms with Gasteiger partial charge in [0, 0.05) is 24.8 Å². The molecule has 0 aliphatic carbocycles. The van der Waals surface area contributed by atoms with Gasteiger partial charge in [0.15, 0.2) is 0 Å². The Labute approximate surface area is 165 Å². The zero-order valence-corrected chi connectivity index (χ0v) is 17.0. The van der Waals surface area contributed by atoms with Crippen LogP contribution >= 0.6 is 0 Å². The number of benzene rings is 1. The number of sulfonamides is 1. The van der Waals surface area contributed by atoms with Crippen molar-refractivity contribution < 1.29 is 22.7 Å². The molecule has 2 heterocycles. The topological polar surface area (TPSA) is 96.0 Å². The van der Waals surface area contributed by atoms with Crippen molar-refractivity contribution in [3.8, 4) is 0 Å². The fourth-order valence-electron chi connectivity index (χ4n) is 3.51. The Bertz CT molecular complexity index is 889. The third-order valence-corrected chi connectivity index (χ3v) is 6.66. The quantitative estimate of drug-likeness (QED) is 0.772. The largest absolute Gasteiger partial charge is 0.444 e. The van der Waals surface area contributed by atoms with Crippen LogP contribution in [-0.4, -0.2) is 60.4 Å². The lowest BCUT2D eigenvalue weighted by Crippen LogP contribution is -2.51. The molecule has 2 atom stereocenters. The fraction of sp³-hybridized carbons (Fsp3) is 0.474. The molecule has 0 radical (unpaired) electrons. The van der Waals surface area contributed by atoms with Gasteiger partial charge in [-0.05, 0) is 57.5 Å². The number of rotatable bonds is 4. The summed E-state index contributed by atoms with van der Waals surface area (Å²) in [5.74, 6) is -0.366. The van der Waals surface area contributed by atoms with Crippen molar-refractivity contribution in [2.45, 2.75) is 49.8 Å². The van der Waals surface area contributed by atoms with Crippen LogP contribution in [0.3, 0.4) is 0 Å². The summed E-state index contributed by atoms with van der Waals surface area (Å²) >= 11 is 0. The number of amides is 2. The van der Waals surface area contributed by atoms with Crippen LogP contribution in [0.1, 0.15) is 27.2 Å². The van der Waals surface area contributed by atoms with Crippen molar-refractivity contribution in [2.75, 3.05) is 18.4 Å². The Balaban J connectivity index is 1.69. The van der Waals surface area contributed by atoms with Crippen molar-refractivity contribution in [1.29, 1.82) is 0 Å². The standard InChI is InChI=1S/C19H25N3O5S/c1-5-17(23)20-13-6-8-16(9-7-13)28(25,26)22-12-14-10-15(22)11-21(14)18(24)27-19(2,3)4/h5-9,14-15H,1,10-12H2,2-4H3,(H,20,23)/t14-,15-/m1/s1. The van der Waals surface area contributed by atoms with Gasteiger partial charge in [-0.15, -0.1) is 0 Å². The number of piperazine rings is 1. The van der Waals surface area contributed by atoms with Crippen molar-refractivity contribution in [2.24, 2.45) is 0 Å². The molecule has 9 heteroatoms. The van der Waals surface area contributed by atoms with Crippen LogP contribution < -0.4 is 5.32 Å². The van der Waals surface area contributed by atoms with Gasteiger partial charge in [-0.2, -0.15) is 4.31 Å². The normalized spacial score (nSPS) is 22.2. The van der Waals surface area contributed by atoms with Gasteiger partial charge in [-0.1, -0.05) is 6.58 Å². The Kier molecular flexibility index (Phi) is 5.24. The summed E-state index contributed by atoms with van der Waals surface area (Å²) < 4.78 is 32.9. The fourth-order valence-corrected chi connectivity index (χ4v) is 5.17. The zero-order valence-electron chi connectivity index (χ0n) is 16.2. The molecule has 2 saturated heterocycles. The predicted octanol–water partition coefficient (Wildman–Crippen LogP) is 2.19. The number of fused-ring (bicyclic) bond motifs is 2. The average molecular weight is 407 g/mol. The maximum absolute atomic E-state index is 13.0. The van der Waals surface area contributed by atoms with E-state index >= 15 is 0 Å². The molecule has 2 aliphatic heterocycles. The van der Waals surface area contributed by atoms with E-state index in [1.54, 1.807) is 25.7 Å². The van der Waals surface area contributed by atoms with Crippen LogP contribution in [0.4, 0.5) is 10.5 Å². The molecule has 2 amide bonds. The lowest BCUT2D eigenvalue weighted by molar-refractivity contribution is -0.111. The van der Waals surface area contributed by atoms with Crippen molar-refractivity contribution in [3.63, 3.8) is 0 Å². The summed E-state index contributed by atoms with van der Waals surface area (Å²) in [5, 5.41) is 2.58. The molecule has 3 rings (SSSR count). The molecule has 2 bridgehead atoms. The van der Waals surface area contributed by atoms with Crippen LogP contribution in [0.15, 0.2) is 41.8 Å². The summed E-state index contributed by atoms with van der Waals surface area (Å²) in [5.41, 5.74) is -0.101. The number of nitrogens with one attached hydrogen (secondary N) is 1. The Morgan fingerprint density at radius 3 is 2.32 bits per heavy atom. The van der Waals surface area contributed by atoms with E-state index in [2.05, 4.69) is 11.9 Å². The predicted molar refractivity (Wildman–Crippen MR) is 104 cm³/mol. The maximum atomic E-state index is 13.0. The smallest absolute Gasteiger partial charge is 0.410 e. The van der Waals surface area contributed by atoms with E-state index < -0.39 is 21.7 Å². The summed E-state index contributed by atoms with van der Waals surface area (Å²) in [4.78, 5) is 25.4. The van der Waals surface area contributed by atoms with E-state index in [1.165, 1.54) is 28.6 Å². The van der Waals surface area contributed by atoms with E-state index in [9.17, 15) is 18.0 Å². The molecule has 0 unspecified atom stereocenters. The second-order valence-electron chi connectivity index (χ2n) is 7.97. The molecule has 2 fully saturated rings. The number of anilines is 1. The summed E-state index contributed by atoms with van der Waals surface area (Å²) in [6.07, 6.45) is 1.34. The number of nitrogens with zero attached hydrogens (tertiary/aromatic N) is 2. The van der Waals surface area contributed by atoms with Gasteiger partial charge in [0.2, 0.25) is 15.9 Å². The van der Waals surface area contributed by atoms with Gasteiger partial charge in [0.1, 0.15) is 5.60 Å². The first kappa shape index (κ1) is 20.3. The second-order valence-corrected chi connectivity index (χ2v) is 9.86. The molecular formula is C19H25N3O5S. The summed E-state index contributed by atoms with van der Waals surface area (Å²) in [6, 6.07) is 5.56. The molecule has 28 heavy (non-hydrogen) atoms. The van der Waals surface area contributed by atoms with Gasteiger partial charge in [-0.3, -0.25) is 4.79 Å². The lowest BCUT2D eigenvalue weighted by atomic mass is 10.2. The first-order valence-electron chi connectivity index (χ1n) is 9.06. The number of likely N-dealkylation sites (tertiary alicyclic amines) is 1. The van der Waals surface area contributed by atoms with Crippen molar-refractivity contribution in [1.82, 2.24) is 9.21 Å². The zero-order chi connectivity index (χ0) is 20.7. The minimum Gasteiger partial charge on any atom is -0.444 e. The third-order valence-electron chi connectivity index (χ3n) is 4.73. The minimum absolute atomic E-state index is 0.153. The number of carbonyl (C=O) groups is 2. The number of hydrogen-bond acceptors (Lipinski definition) is 5. The van der Waals surface area contributed by atoms with Crippen LogP contribution in [0, 0.1) is 0 Å². The molecule has 1 aromatic carbocycles. The highest BCUT2D eigenvalue weighted by Gasteiger charge is 2.50. The van der Waals surface area contributed by atoms with E-state index in [4.69, 9.17) is 4.74 Å². The van der Waals surface area contributed by atoms with Gasteiger partial charge in [0.05, 0.1) is 10.9 Å². The first-order valence-corrected chi connectivity index (χ1v) is 10.5. The molecule has 152 valence electrons. The van der Waals surface area contributed by atoms with E-state index in [0.717, 1.165) is 6.08 Å². The Morgan fingerprint density at radius 2 is 1.82 bits per heavy atom. The number of carbonyl (C=O) groups excluding carboxylic acids is 2. The molecular weight excluding hydrogens is 382 g/mol. The highest BCUT2D eigenvalue weighted by atomic mass is 32.2. The summed E-state index contributed by atoms with van der Waals surface area (Å²) in [6.45, 7) is 9.36. The van der Waals surface area contributed by atoms with Crippen molar-refractivity contribution in [3.05, 3.63) is 36.9 Å². The molecule has 8 nitrogen and oxygen atoms in total. The Hall–Kier alpha value is -2.39. The number of ether oxygens (including phenoxy) is 1. The second kappa shape index (κ2) is 7.21. The van der Waals surface area contributed by atoms with Crippen LogP contribution in [-0.2, 0) is 19.6 Å². The minimum atomic E-state index is -3.68. The van der Waals surface area contributed by atoms with Gasteiger partial charge < -0.3 is 15.0 Å². The van der Waals surface area contributed by atoms with Gasteiger partial charge >= 0.3 is 6.09 Å². The highest BCUT2D eigenvalue weighted by molar-refractivity contribution is 7.89. The van der Waals surface area contributed by atoms with Gasteiger partial charge in [0.25, 0.3) is 0 Å². The number of hydrogen-bond donors (Lipinski definition) is 1. The molecule has 0 spiro atoms. The van der Waals surface area contributed by atoms with E-state index in [1.807, 2.05) is 0 Å². The maximum Gasteiger partial charge on any atom is 0.410 e. The third kappa shape index (κ3) is 4.05. The molecule has 1 N–H and O–H groups in total. The molecule has 1 aromatic rings. The Morgan fingerprint density at radius 1 is 1.18 bits per heavy atom. The van der Waals surface area contributed by atoms with Crippen LogP contribution in [0.2, 0.25) is 0 Å². The van der Waals surface area contributed by atoms with E-state index in [-0.39, 0.29) is 29.4 Å². The van der Waals surface area contributed by atoms with Gasteiger partial charge in [-0.25, -0.2) is 13.2 Å². The lowest BCUT2D eigenvalue weighted by Gasteiger charge is -2.34. The average Bonchev–Trinajstić information content (AvgIpc) is 3.21. The first-order chi connectivity index (χ1) is 13.0. The van der Waals surface area contributed by atoms with E-state index in [0.29, 0.717) is 18.7 Å². The van der Waals surface area contributed by atoms with Crippen LogP contribution in [0.25, 0.3) is 0 Å². The molecule has 0 saturated carbocycles. The molecule has 2 aliphatic rings. The van der Waals surface area contributed by atoms with Crippen molar-refractivity contribution >= 4 is 27.7 Å². The highest BCUT2D eigenvalue weighted by Crippen LogP contribution is 2.35. The monoisotopic (exact) mass is 407 g/mol. The molecule has 0 aromatic heterocycles. The van der Waals surface area contributed by atoms with Crippen LogP contribution in [0.5, 0.6) is 0 Å².